The zero-order valence-corrected chi connectivity index (χ0v) is 15.2. The minimum Gasteiger partial charge on any atom is -0.317 e. The molecule has 0 rings (SSSR count). The van der Waals surface area contributed by atoms with Gasteiger partial charge in [-0.05, 0) is 6.42 Å². The third kappa shape index (κ3) is 22.6. The molecule has 0 atom stereocenters. The first-order valence-corrected chi connectivity index (χ1v) is 9.28. The molecule has 0 aliphatic rings. The predicted molar refractivity (Wildman–Crippen MR) is 96.6 cm³/mol. The fourth-order valence-electron chi connectivity index (χ4n) is 2.75. The quantitative estimate of drug-likeness (QED) is 0.232. The van der Waals surface area contributed by atoms with Gasteiger partial charge >= 0.3 is 0 Å². The Hall–Kier alpha value is 0.210. The van der Waals surface area contributed by atoms with Crippen LogP contribution in [0.1, 0.15) is 110 Å². The van der Waals surface area contributed by atoms with E-state index in [-0.39, 0.29) is 12.4 Å². The second-order valence-electron chi connectivity index (χ2n) is 6.21. The van der Waals surface area contributed by atoms with Crippen LogP contribution in [0.5, 0.6) is 0 Å². The van der Waals surface area contributed by atoms with Crippen LogP contribution in [-0.4, -0.2) is 11.8 Å². The smallest absolute Gasteiger partial charge is 0.0207 e. The monoisotopic (exact) mass is 321 g/mol. The molecule has 0 saturated heterocycles. The number of halogens is 1. The predicted octanol–water partition coefficient (Wildman–Crippen LogP) is 6.65. The van der Waals surface area contributed by atoms with Crippen LogP contribution in [0.25, 0.3) is 0 Å². The van der Waals surface area contributed by atoms with Gasteiger partial charge in [0.15, 0.2) is 0 Å². The van der Waals surface area contributed by atoms with Crippen molar-refractivity contribution in [1.29, 1.82) is 0 Å². The summed E-state index contributed by atoms with van der Waals surface area (Å²) in [6.07, 6.45) is 22.3. The lowest BCUT2D eigenvalue weighted by atomic mass is 10.0. The first-order chi connectivity index (χ1) is 9.91. The van der Waals surface area contributed by atoms with E-state index in [1.54, 1.807) is 0 Å². The Morgan fingerprint density at radius 2 is 0.810 bits per heavy atom. The number of hydrogen-bond acceptors (Lipinski definition) is 2. The lowest BCUT2D eigenvalue weighted by Crippen LogP contribution is -2.07. The number of hydroxylamine groups is 1. The molecule has 0 aromatic carbocycles. The van der Waals surface area contributed by atoms with Gasteiger partial charge in [0.2, 0.25) is 0 Å². The Kier molecular flexibility index (Phi) is 25.1. The third-order valence-corrected chi connectivity index (χ3v) is 4.14. The lowest BCUT2D eigenvalue weighted by Gasteiger charge is -2.03. The van der Waals surface area contributed by atoms with Crippen LogP contribution in [-0.2, 0) is 0 Å². The number of hydrogen-bond donors (Lipinski definition) is 2. The fourth-order valence-corrected chi connectivity index (χ4v) is 2.75. The Balaban J connectivity index is 0. The van der Waals surface area contributed by atoms with Crippen LogP contribution in [0.2, 0.25) is 0 Å². The topological polar surface area (TPSA) is 32.3 Å². The van der Waals surface area contributed by atoms with E-state index in [9.17, 15) is 0 Å². The Morgan fingerprint density at radius 3 is 1.10 bits per heavy atom. The van der Waals surface area contributed by atoms with Gasteiger partial charge in [0.05, 0.1) is 0 Å². The van der Waals surface area contributed by atoms with Crippen molar-refractivity contribution in [3.05, 3.63) is 0 Å². The van der Waals surface area contributed by atoms with Crippen molar-refractivity contribution in [1.82, 2.24) is 5.48 Å². The second-order valence-corrected chi connectivity index (χ2v) is 6.21. The van der Waals surface area contributed by atoms with E-state index in [2.05, 4.69) is 12.4 Å². The number of nitrogens with one attached hydrogen (secondary N) is 1. The fraction of sp³-hybridized carbons (Fsp3) is 1.00. The molecule has 0 aliphatic carbocycles. The van der Waals surface area contributed by atoms with Crippen LogP contribution in [0.4, 0.5) is 0 Å². The average Bonchev–Trinajstić information content (AvgIpc) is 2.47. The molecule has 2 nitrogen and oxygen atoms in total. The maximum Gasteiger partial charge on any atom is 0.0207 e. The van der Waals surface area contributed by atoms with Crippen molar-refractivity contribution in [2.75, 3.05) is 6.54 Å². The average molecular weight is 322 g/mol. The summed E-state index contributed by atoms with van der Waals surface area (Å²) in [6.45, 7) is 3.03. The number of unbranched alkanes of at least 4 members (excludes halogenated alkanes) is 15. The second kappa shape index (κ2) is 22.5. The van der Waals surface area contributed by atoms with Crippen molar-refractivity contribution in [2.45, 2.75) is 110 Å². The molecule has 0 aromatic heterocycles. The molecule has 0 amide bonds. The van der Waals surface area contributed by atoms with E-state index in [4.69, 9.17) is 5.21 Å². The first-order valence-electron chi connectivity index (χ1n) is 9.28. The molecule has 130 valence electrons. The van der Waals surface area contributed by atoms with Crippen molar-refractivity contribution in [3.63, 3.8) is 0 Å². The molecule has 0 aliphatic heterocycles. The highest BCUT2D eigenvalue weighted by Crippen LogP contribution is 2.13. The van der Waals surface area contributed by atoms with Gasteiger partial charge in [-0.15, -0.1) is 12.4 Å². The van der Waals surface area contributed by atoms with E-state index < -0.39 is 0 Å². The van der Waals surface area contributed by atoms with E-state index in [0.717, 1.165) is 13.0 Å². The Labute approximate surface area is 139 Å². The van der Waals surface area contributed by atoms with Crippen molar-refractivity contribution >= 4 is 12.4 Å². The summed E-state index contributed by atoms with van der Waals surface area (Å²) in [7, 11) is 0. The Bertz CT molecular complexity index is 149. The highest BCUT2D eigenvalue weighted by Gasteiger charge is 1.94. The Morgan fingerprint density at radius 1 is 0.524 bits per heavy atom. The maximum absolute atomic E-state index is 8.43. The number of rotatable bonds is 17. The molecule has 0 fully saturated rings. The van der Waals surface area contributed by atoms with Gasteiger partial charge in [-0.2, -0.15) is 0 Å². The molecule has 3 heteroatoms. The summed E-state index contributed by atoms with van der Waals surface area (Å²) in [5, 5.41) is 8.43. The highest BCUT2D eigenvalue weighted by molar-refractivity contribution is 5.85. The molecule has 0 bridgehead atoms. The summed E-state index contributed by atoms with van der Waals surface area (Å²) in [4.78, 5) is 0. The largest absolute Gasteiger partial charge is 0.317 e. The van der Waals surface area contributed by atoms with Crippen LogP contribution in [0, 0.1) is 0 Å². The zero-order valence-electron chi connectivity index (χ0n) is 14.4. The highest BCUT2D eigenvalue weighted by atomic mass is 35.5. The maximum atomic E-state index is 8.43. The van der Waals surface area contributed by atoms with Gasteiger partial charge in [0, 0.05) is 6.54 Å². The van der Waals surface area contributed by atoms with Crippen LogP contribution in [0.15, 0.2) is 0 Å². The molecule has 0 radical (unpaired) electrons. The zero-order chi connectivity index (χ0) is 14.7. The van der Waals surface area contributed by atoms with Crippen molar-refractivity contribution < 1.29 is 5.21 Å². The van der Waals surface area contributed by atoms with Gasteiger partial charge < -0.3 is 5.21 Å². The van der Waals surface area contributed by atoms with Gasteiger partial charge in [0.25, 0.3) is 0 Å². The molecule has 2 N–H and O–H groups in total. The van der Waals surface area contributed by atoms with E-state index in [0.29, 0.717) is 0 Å². The normalized spacial score (nSPS) is 10.6. The summed E-state index contributed by atoms with van der Waals surface area (Å²) in [5.74, 6) is 0. The summed E-state index contributed by atoms with van der Waals surface area (Å²) < 4.78 is 0. The minimum atomic E-state index is 0. The molecule has 0 saturated carbocycles. The van der Waals surface area contributed by atoms with Crippen LogP contribution in [0.3, 0.4) is 0 Å². The minimum absolute atomic E-state index is 0. The van der Waals surface area contributed by atoms with Gasteiger partial charge in [-0.3, -0.25) is 0 Å². The van der Waals surface area contributed by atoms with Crippen molar-refractivity contribution in [3.8, 4) is 0 Å². The molecule has 0 spiro atoms. The molecule has 21 heavy (non-hydrogen) atoms. The summed E-state index contributed by atoms with van der Waals surface area (Å²) in [5.41, 5.74) is 2.22. The van der Waals surface area contributed by atoms with E-state index >= 15 is 0 Å². The molecule has 0 heterocycles. The van der Waals surface area contributed by atoms with Crippen molar-refractivity contribution in [2.24, 2.45) is 0 Å². The SMILES string of the molecule is CCCCCCCCCCCCCCCCCCNO.Cl. The van der Waals surface area contributed by atoms with E-state index in [1.165, 1.54) is 96.3 Å². The molecular weight excluding hydrogens is 282 g/mol. The standard InChI is InChI=1S/C18H39NO.ClH/c1-2-3-4-5-6-7-8-9-10-11-12-13-14-15-16-17-18-19-20;/h19-20H,2-18H2,1H3;1H. The first kappa shape index (κ1) is 23.5. The van der Waals surface area contributed by atoms with Crippen LogP contribution >= 0.6 is 12.4 Å². The molecule has 0 aromatic rings. The molecule has 0 unspecified atom stereocenters. The van der Waals surface area contributed by atoms with Crippen LogP contribution < -0.4 is 5.48 Å². The lowest BCUT2D eigenvalue weighted by molar-refractivity contribution is 0.164. The third-order valence-electron chi connectivity index (χ3n) is 4.14. The summed E-state index contributed by atoms with van der Waals surface area (Å²) >= 11 is 0. The van der Waals surface area contributed by atoms with E-state index in [1.807, 2.05) is 0 Å². The van der Waals surface area contributed by atoms with Gasteiger partial charge in [0.1, 0.15) is 0 Å². The summed E-state index contributed by atoms with van der Waals surface area (Å²) in [6, 6.07) is 0. The van der Waals surface area contributed by atoms with Gasteiger partial charge in [-0.25, -0.2) is 5.48 Å². The van der Waals surface area contributed by atoms with Gasteiger partial charge in [-0.1, -0.05) is 103 Å². The molecular formula is C18H40ClNO.